The molecule has 0 rings (SSSR count). The summed E-state index contributed by atoms with van der Waals surface area (Å²) in [6.07, 6.45) is 0. The minimum atomic E-state index is -4.67. The Kier molecular flexibility index (Phi) is 20.8. The van der Waals surface area contributed by atoms with Gasteiger partial charge in [0.25, 0.3) is 0 Å². The van der Waals surface area contributed by atoms with Crippen LogP contribution in [0.3, 0.4) is 0 Å². The third-order valence-corrected chi connectivity index (χ3v) is 2.14. The fourth-order valence-corrected chi connectivity index (χ4v) is 1.44. The number of hydrogen-bond donors (Lipinski definition) is 2. The number of hydrogen-bond acceptors (Lipinski definition) is 12. The molecule has 0 radical (unpaired) electrons. The largest absolute Gasteiger partial charge is 2.00 e. The van der Waals surface area contributed by atoms with Gasteiger partial charge >= 0.3 is 44.5 Å². The average Bonchev–Trinajstić information content (AvgIpc) is 2.30. The maximum absolute atomic E-state index is 10.4. The molecule has 14 nitrogen and oxygen atoms in total. The van der Waals surface area contributed by atoms with Crippen molar-refractivity contribution in [3.63, 3.8) is 0 Å². The Labute approximate surface area is 174 Å². The van der Waals surface area contributed by atoms with Crippen LogP contribution in [-0.4, -0.2) is 90.5 Å². The van der Waals surface area contributed by atoms with Crippen molar-refractivity contribution in [3.05, 3.63) is 0 Å². The van der Waals surface area contributed by atoms with Gasteiger partial charge in [-0.2, -0.15) is 8.42 Å². The van der Waals surface area contributed by atoms with E-state index < -0.39 is 60.5 Å². The Hall–Kier alpha value is -1.29. The first-order valence-electron chi connectivity index (χ1n) is 6.14. The number of nitrogens with zero attached hydrogens (tertiary/aromatic N) is 2. The van der Waals surface area contributed by atoms with E-state index in [4.69, 9.17) is 17.5 Å². The topological polar surface area (TPSA) is 242 Å². The Morgan fingerprint density at radius 1 is 0.630 bits per heavy atom. The second-order valence-electron chi connectivity index (χ2n) is 4.36. The quantitative estimate of drug-likeness (QED) is 0.199. The fraction of sp³-hybridized carbons (Fsp3) is 0.600. The summed E-state index contributed by atoms with van der Waals surface area (Å²) in [5.41, 5.74) is 0. The molecule has 0 aliphatic carbocycles. The van der Waals surface area contributed by atoms with Gasteiger partial charge in [0.1, 0.15) is 0 Å². The van der Waals surface area contributed by atoms with Crippen LogP contribution in [0.4, 0.5) is 0 Å². The van der Waals surface area contributed by atoms with Gasteiger partial charge in [-0.05, 0) is 0 Å². The molecule has 0 saturated carbocycles. The van der Waals surface area contributed by atoms with Crippen LogP contribution in [0.2, 0.25) is 0 Å². The van der Waals surface area contributed by atoms with E-state index in [1.165, 1.54) is 0 Å². The molecule has 0 saturated heterocycles. The minimum absolute atomic E-state index is 0. The molecule has 0 unspecified atom stereocenters. The second-order valence-corrected chi connectivity index (χ2v) is 5.25. The van der Waals surface area contributed by atoms with Crippen molar-refractivity contribution >= 4 is 34.3 Å². The molecule has 17 heteroatoms. The molecule has 0 atom stereocenters. The predicted octanol–water partition coefficient (Wildman–Crippen LogP) is -8.07. The van der Waals surface area contributed by atoms with Gasteiger partial charge < -0.3 is 39.6 Å². The maximum atomic E-state index is 10.4. The van der Waals surface area contributed by atoms with Crippen LogP contribution >= 0.6 is 0 Å². The maximum Gasteiger partial charge on any atom is 2.00 e. The monoisotopic (exact) mass is 498 g/mol. The zero-order valence-corrected chi connectivity index (χ0v) is 16.3. The predicted molar refractivity (Wildman–Crippen MR) is 67.1 cm³/mol. The number of carboxylic acids is 4. The molecule has 0 aromatic carbocycles. The smallest absolute Gasteiger partial charge is 0.549 e. The van der Waals surface area contributed by atoms with Gasteiger partial charge in [-0.1, -0.05) is 0 Å². The van der Waals surface area contributed by atoms with Crippen molar-refractivity contribution in [1.29, 1.82) is 0 Å². The summed E-state index contributed by atoms with van der Waals surface area (Å²) in [5.74, 6) is -6.12. The van der Waals surface area contributed by atoms with E-state index in [1.807, 2.05) is 0 Å². The first-order valence-corrected chi connectivity index (χ1v) is 7.54. The van der Waals surface area contributed by atoms with E-state index in [0.29, 0.717) is 0 Å². The molecule has 0 aromatic rings. The molecule has 0 aliphatic rings. The summed E-state index contributed by atoms with van der Waals surface area (Å²) in [7, 11) is -4.67. The summed E-state index contributed by atoms with van der Waals surface area (Å²) in [4.78, 5) is 43.4. The first-order chi connectivity index (χ1) is 11.2. The Morgan fingerprint density at radius 3 is 0.889 bits per heavy atom. The van der Waals surface area contributed by atoms with Gasteiger partial charge in [0.2, 0.25) is 0 Å². The third-order valence-electron chi connectivity index (χ3n) is 2.14. The van der Waals surface area contributed by atoms with Crippen molar-refractivity contribution in [2.75, 3.05) is 39.3 Å². The van der Waals surface area contributed by atoms with E-state index >= 15 is 0 Å². The van der Waals surface area contributed by atoms with Crippen LogP contribution in [0, 0.1) is 0 Å². The number of carboxylic acid groups (broad SMARTS) is 4. The molecule has 0 spiro atoms. The number of aliphatic carboxylic acids is 4. The van der Waals surface area contributed by atoms with E-state index in [1.54, 1.807) is 0 Å². The van der Waals surface area contributed by atoms with Gasteiger partial charge in [0.15, 0.2) is 0 Å². The van der Waals surface area contributed by atoms with Gasteiger partial charge in [-0.25, -0.2) is 0 Å². The SMILES string of the molecule is O=C([O-])CN(CCN(CC(=O)[O-])CC(=O)[O-])CC(=O)[O-].O=S(=O)(O)O.[Fe+2].[Fe+2]. The third kappa shape index (κ3) is 32.8. The summed E-state index contributed by atoms with van der Waals surface area (Å²) in [6.45, 7) is -3.25. The van der Waals surface area contributed by atoms with Crippen molar-refractivity contribution in [2.24, 2.45) is 0 Å². The molecule has 0 amide bonds. The second kappa shape index (κ2) is 16.9. The molecule has 0 aromatic heterocycles. The van der Waals surface area contributed by atoms with Crippen molar-refractivity contribution in [1.82, 2.24) is 9.80 Å². The Balaban J connectivity index is -0.000000333. The molecule has 158 valence electrons. The number of rotatable bonds is 11. The van der Waals surface area contributed by atoms with Crippen LogP contribution in [0.1, 0.15) is 0 Å². The number of carbonyl (C=O) groups excluding carboxylic acids is 4. The van der Waals surface area contributed by atoms with Crippen LogP contribution in [0.15, 0.2) is 0 Å². The van der Waals surface area contributed by atoms with E-state index in [0.717, 1.165) is 9.80 Å². The zero-order chi connectivity index (χ0) is 20.2. The molecule has 0 bridgehead atoms. The molecule has 27 heavy (non-hydrogen) atoms. The van der Waals surface area contributed by atoms with Crippen LogP contribution < -0.4 is 20.4 Å². The van der Waals surface area contributed by atoms with E-state index in [-0.39, 0.29) is 47.2 Å². The summed E-state index contributed by atoms with van der Waals surface area (Å²) in [6, 6.07) is 0. The van der Waals surface area contributed by atoms with E-state index in [9.17, 15) is 39.6 Å². The molecular weight excluding hydrogens is 484 g/mol. The van der Waals surface area contributed by atoms with Gasteiger partial charge in [0.05, 0.1) is 23.9 Å². The normalized spacial score (nSPS) is 10.1. The van der Waals surface area contributed by atoms with Gasteiger partial charge in [-0.15, -0.1) is 0 Å². The van der Waals surface area contributed by atoms with Crippen LogP contribution in [-0.2, 0) is 63.7 Å². The first kappa shape index (κ1) is 33.3. The minimum Gasteiger partial charge on any atom is -0.549 e. The van der Waals surface area contributed by atoms with Crippen LogP contribution in [0.25, 0.3) is 0 Å². The summed E-state index contributed by atoms with van der Waals surface area (Å²) >= 11 is 0. The Morgan fingerprint density at radius 2 is 0.778 bits per heavy atom. The van der Waals surface area contributed by atoms with Crippen molar-refractivity contribution in [3.8, 4) is 0 Å². The van der Waals surface area contributed by atoms with E-state index in [2.05, 4.69) is 0 Å². The molecule has 0 heterocycles. The number of carbonyl (C=O) groups is 4. The van der Waals surface area contributed by atoms with Crippen molar-refractivity contribution in [2.45, 2.75) is 0 Å². The average molecular weight is 498 g/mol. The standard InChI is InChI=1S/C10H16N2O8.2Fe.H2O4S/c13-7(14)3-11(4-8(15)16)1-2-12(5-9(17)18)6-10(19)20;;;1-5(2,3)4/h1-6H2,(H,13,14)(H,15,16)(H,17,18)(H,19,20);;;(H2,1,2,3,4)/q;2*+2;/p-4. The zero-order valence-electron chi connectivity index (χ0n) is 13.2. The molecular formula is C10H14Fe2N2O12S. The molecule has 2 N–H and O–H groups in total. The van der Waals surface area contributed by atoms with Crippen LogP contribution in [0.5, 0.6) is 0 Å². The molecule has 0 aliphatic heterocycles. The van der Waals surface area contributed by atoms with Gasteiger partial charge in [-0.3, -0.25) is 18.9 Å². The van der Waals surface area contributed by atoms with Gasteiger partial charge in [0, 0.05) is 39.3 Å². The fourth-order valence-electron chi connectivity index (χ4n) is 1.44. The summed E-state index contributed by atoms with van der Waals surface area (Å²) in [5, 5.41) is 41.6. The summed E-state index contributed by atoms with van der Waals surface area (Å²) < 4.78 is 31.6. The molecule has 0 fully saturated rings. The Bertz CT molecular complexity index is 509. The van der Waals surface area contributed by atoms with Crippen molar-refractivity contribution < 1.29 is 91.3 Å².